The van der Waals surface area contributed by atoms with Crippen LogP contribution in [0.3, 0.4) is 0 Å². The third-order valence-corrected chi connectivity index (χ3v) is 6.05. The van der Waals surface area contributed by atoms with Gasteiger partial charge in [0.25, 0.3) is 0 Å². The van der Waals surface area contributed by atoms with E-state index in [-0.39, 0.29) is 37.0 Å². The second kappa shape index (κ2) is 6.96. The summed E-state index contributed by atoms with van der Waals surface area (Å²) in [5.41, 5.74) is 0. The largest absolute Gasteiger partial charge is 0.369 e. The highest BCUT2D eigenvalue weighted by Crippen LogP contribution is 2.47. The third-order valence-electron chi connectivity index (χ3n) is 6.05. The van der Waals surface area contributed by atoms with E-state index in [1.165, 1.54) is 12.8 Å². The molecule has 0 spiro atoms. The summed E-state index contributed by atoms with van der Waals surface area (Å²) in [6.45, 7) is 6.13. The van der Waals surface area contributed by atoms with Gasteiger partial charge in [0.1, 0.15) is 12.2 Å². The summed E-state index contributed by atoms with van der Waals surface area (Å²) in [5, 5.41) is 0. The summed E-state index contributed by atoms with van der Waals surface area (Å²) >= 11 is 0. The highest BCUT2D eigenvalue weighted by Gasteiger charge is 2.59. The molecule has 4 saturated heterocycles. The van der Waals surface area contributed by atoms with Gasteiger partial charge in [-0.2, -0.15) is 0 Å². The van der Waals surface area contributed by atoms with Crippen LogP contribution in [0.4, 0.5) is 0 Å². The maximum absolute atomic E-state index is 6.33. The van der Waals surface area contributed by atoms with Crippen LogP contribution in [0.2, 0.25) is 0 Å². The van der Waals surface area contributed by atoms with Crippen molar-refractivity contribution in [1.29, 1.82) is 0 Å². The molecule has 4 heterocycles. The van der Waals surface area contributed by atoms with Gasteiger partial charge < -0.3 is 23.7 Å². The summed E-state index contributed by atoms with van der Waals surface area (Å²) in [6, 6.07) is 0. The van der Waals surface area contributed by atoms with Gasteiger partial charge in [-0.3, -0.25) is 0 Å². The van der Waals surface area contributed by atoms with E-state index in [0.29, 0.717) is 11.8 Å². The Morgan fingerprint density at radius 2 is 1.17 bits per heavy atom. The Balaban J connectivity index is 1.44. The van der Waals surface area contributed by atoms with Gasteiger partial charge in [-0.25, -0.2) is 0 Å². The first-order valence-electron chi connectivity index (χ1n) is 9.43. The molecular formula is C18H30O5. The van der Waals surface area contributed by atoms with Crippen LogP contribution in [0.5, 0.6) is 0 Å². The maximum atomic E-state index is 6.33. The van der Waals surface area contributed by atoms with Crippen molar-refractivity contribution in [2.24, 2.45) is 11.8 Å². The molecule has 0 amide bonds. The molecule has 0 aliphatic carbocycles. The van der Waals surface area contributed by atoms with Crippen molar-refractivity contribution in [3.05, 3.63) is 0 Å². The van der Waals surface area contributed by atoms with Crippen molar-refractivity contribution in [2.75, 3.05) is 13.2 Å². The van der Waals surface area contributed by atoms with E-state index in [9.17, 15) is 0 Å². The predicted molar refractivity (Wildman–Crippen MR) is 83.9 cm³/mol. The van der Waals surface area contributed by atoms with Gasteiger partial charge in [0.15, 0.2) is 12.6 Å². The zero-order valence-corrected chi connectivity index (χ0v) is 14.3. The van der Waals surface area contributed by atoms with Crippen molar-refractivity contribution in [3.8, 4) is 0 Å². The van der Waals surface area contributed by atoms with Gasteiger partial charge in [-0.1, -0.05) is 13.8 Å². The fraction of sp³-hybridized carbons (Fsp3) is 1.00. The first-order chi connectivity index (χ1) is 11.2. The third kappa shape index (κ3) is 3.19. The van der Waals surface area contributed by atoms with Crippen molar-refractivity contribution in [2.45, 2.75) is 89.4 Å². The Morgan fingerprint density at radius 3 is 1.57 bits per heavy atom. The molecule has 4 rings (SSSR count). The normalized spacial score (nSPS) is 50.3. The molecule has 0 aromatic carbocycles. The zero-order valence-electron chi connectivity index (χ0n) is 14.3. The molecule has 4 aliphatic heterocycles. The van der Waals surface area contributed by atoms with E-state index < -0.39 is 0 Å². The van der Waals surface area contributed by atoms with Crippen LogP contribution in [-0.4, -0.2) is 50.2 Å². The average molecular weight is 326 g/mol. The molecule has 132 valence electrons. The van der Waals surface area contributed by atoms with Crippen LogP contribution in [-0.2, 0) is 23.7 Å². The quantitative estimate of drug-likeness (QED) is 0.795. The Hall–Kier alpha value is -0.200. The molecule has 2 bridgehead atoms. The molecule has 0 radical (unpaired) electrons. The molecule has 0 aromatic heterocycles. The van der Waals surface area contributed by atoms with Crippen LogP contribution in [0, 0.1) is 11.8 Å². The van der Waals surface area contributed by atoms with Crippen LogP contribution in [0.15, 0.2) is 0 Å². The van der Waals surface area contributed by atoms with Gasteiger partial charge in [-0.15, -0.1) is 0 Å². The SMILES string of the molecule is CC1C(C)C2OC1C(OC1CCCCO1)C2OC1CCCCO1. The minimum absolute atomic E-state index is 0.0279. The molecule has 0 aromatic rings. The average Bonchev–Trinajstić information content (AvgIpc) is 3.07. The van der Waals surface area contributed by atoms with E-state index in [4.69, 9.17) is 23.7 Å². The molecule has 8 atom stereocenters. The lowest BCUT2D eigenvalue weighted by Crippen LogP contribution is -2.51. The van der Waals surface area contributed by atoms with Gasteiger partial charge in [-0.05, 0) is 50.4 Å². The summed E-state index contributed by atoms with van der Waals surface area (Å²) in [4.78, 5) is 0. The second-order valence-electron chi connectivity index (χ2n) is 7.58. The smallest absolute Gasteiger partial charge is 0.158 e. The van der Waals surface area contributed by atoms with Gasteiger partial charge in [0.05, 0.1) is 12.2 Å². The van der Waals surface area contributed by atoms with Crippen molar-refractivity contribution in [3.63, 3.8) is 0 Å². The van der Waals surface area contributed by atoms with E-state index in [1.54, 1.807) is 0 Å². The van der Waals surface area contributed by atoms with E-state index >= 15 is 0 Å². The standard InChI is InChI=1S/C18H30O5/c1-11-12(2)16-18(22-14-8-4-6-10-20-14)17(15(11)23-16)21-13-7-3-5-9-19-13/h11-18H,3-10H2,1-2H3. The molecule has 0 N–H and O–H groups in total. The molecule has 23 heavy (non-hydrogen) atoms. The first kappa shape index (κ1) is 16.3. The van der Waals surface area contributed by atoms with Gasteiger partial charge in [0, 0.05) is 13.2 Å². The number of hydrogen-bond acceptors (Lipinski definition) is 5. The van der Waals surface area contributed by atoms with E-state index in [1.807, 2.05) is 0 Å². The Kier molecular flexibility index (Phi) is 4.93. The lowest BCUT2D eigenvalue weighted by Gasteiger charge is -2.39. The van der Waals surface area contributed by atoms with E-state index in [2.05, 4.69) is 13.8 Å². The van der Waals surface area contributed by atoms with Crippen LogP contribution in [0.25, 0.3) is 0 Å². The summed E-state index contributed by atoms with van der Waals surface area (Å²) in [7, 11) is 0. The minimum Gasteiger partial charge on any atom is -0.369 e. The van der Waals surface area contributed by atoms with Crippen LogP contribution in [0.1, 0.15) is 52.4 Å². The van der Waals surface area contributed by atoms with Crippen molar-refractivity contribution < 1.29 is 23.7 Å². The topological polar surface area (TPSA) is 46.2 Å². The summed E-state index contributed by atoms with van der Waals surface area (Å²) in [5.74, 6) is 1.00. The Morgan fingerprint density at radius 1 is 0.696 bits per heavy atom. The van der Waals surface area contributed by atoms with E-state index in [0.717, 1.165) is 38.9 Å². The fourth-order valence-electron chi connectivity index (χ4n) is 4.45. The van der Waals surface area contributed by atoms with Crippen molar-refractivity contribution in [1.82, 2.24) is 0 Å². The molecule has 4 aliphatic rings. The lowest BCUT2D eigenvalue weighted by atomic mass is 9.78. The second-order valence-corrected chi connectivity index (χ2v) is 7.58. The fourth-order valence-corrected chi connectivity index (χ4v) is 4.45. The van der Waals surface area contributed by atoms with Crippen molar-refractivity contribution >= 4 is 0 Å². The molecule has 5 heteroatoms. The maximum Gasteiger partial charge on any atom is 0.158 e. The summed E-state index contributed by atoms with van der Waals surface area (Å²) < 4.78 is 30.5. The molecule has 8 unspecified atom stereocenters. The Bertz CT molecular complexity index is 355. The number of ether oxygens (including phenoxy) is 5. The molecule has 0 saturated carbocycles. The number of fused-ring (bicyclic) bond motifs is 2. The van der Waals surface area contributed by atoms with Crippen LogP contribution >= 0.6 is 0 Å². The lowest BCUT2D eigenvalue weighted by molar-refractivity contribution is -0.253. The van der Waals surface area contributed by atoms with Crippen LogP contribution < -0.4 is 0 Å². The van der Waals surface area contributed by atoms with Gasteiger partial charge >= 0.3 is 0 Å². The first-order valence-corrected chi connectivity index (χ1v) is 9.43. The number of hydrogen-bond donors (Lipinski definition) is 0. The van der Waals surface area contributed by atoms with Gasteiger partial charge in [0.2, 0.25) is 0 Å². The monoisotopic (exact) mass is 326 g/mol. The molecule has 4 fully saturated rings. The molecule has 5 nitrogen and oxygen atoms in total. The highest BCUT2D eigenvalue weighted by molar-refractivity contribution is 5.05. The summed E-state index contributed by atoms with van der Waals surface area (Å²) in [6.07, 6.45) is 6.56. The Labute approximate surface area is 138 Å². The minimum atomic E-state index is -0.0995. The zero-order chi connectivity index (χ0) is 15.8. The number of rotatable bonds is 4. The molecular weight excluding hydrogens is 296 g/mol. The highest BCUT2D eigenvalue weighted by atomic mass is 16.7. The predicted octanol–water partition coefficient (Wildman–Crippen LogP) is 2.86.